The second kappa shape index (κ2) is 7.25. The number of nitrogens with one attached hydrogen (secondary N) is 1. The van der Waals surface area contributed by atoms with Gasteiger partial charge in [-0.15, -0.1) is 0 Å². The standard InChI is InChI=1S/C18H20BrNO3/c1-18(2,16(21)13-6-8-15(19)9-7-13)20-11-12-4-3-5-14(10-12)17(22)23/h3-10,16,20-21H,11H2,1-2H3,(H,22,23). The third-order valence-corrected chi connectivity index (χ3v) is 4.32. The van der Waals surface area contributed by atoms with Crippen LogP contribution in [-0.4, -0.2) is 21.7 Å². The van der Waals surface area contributed by atoms with Crippen molar-refractivity contribution in [2.45, 2.75) is 32.0 Å². The maximum absolute atomic E-state index is 11.0. The number of hydrogen-bond donors (Lipinski definition) is 3. The van der Waals surface area contributed by atoms with Gasteiger partial charge in [0.25, 0.3) is 0 Å². The first-order chi connectivity index (χ1) is 10.8. The molecule has 23 heavy (non-hydrogen) atoms. The van der Waals surface area contributed by atoms with Crippen LogP contribution in [0.3, 0.4) is 0 Å². The fraction of sp³-hybridized carbons (Fsp3) is 0.278. The summed E-state index contributed by atoms with van der Waals surface area (Å²) in [6, 6.07) is 14.3. The number of hydrogen-bond acceptors (Lipinski definition) is 3. The lowest BCUT2D eigenvalue weighted by Gasteiger charge is -2.32. The SMILES string of the molecule is CC(C)(NCc1cccc(C(=O)O)c1)C(O)c1ccc(Br)cc1. The number of benzene rings is 2. The Kier molecular flexibility index (Phi) is 5.57. The monoisotopic (exact) mass is 377 g/mol. The van der Waals surface area contributed by atoms with Crippen LogP contribution in [0.25, 0.3) is 0 Å². The molecule has 0 aliphatic carbocycles. The Morgan fingerprint density at radius 2 is 1.87 bits per heavy atom. The molecule has 0 radical (unpaired) electrons. The normalized spacial score (nSPS) is 12.9. The van der Waals surface area contributed by atoms with Gasteiger partial charge >= 0.3 is 5.97 Å². The molecule has 0 aliphatic rings. The Bertz CT molecular complexity index is 683. The zero-order valence-corrected chi connectivity index (χ0v) is 14.7. The van der Waals surface area contributed by atoms with Gasteiger partial charge in [-0.25, -0.2) is 4.79 Å². The van der Waals surface area contributed by atoms with Crippen LogP contribution in [0.5, 0.6) is 0 Å². The van der Waals surface area contributed by atoms with E-state index in [1.165, 1.54) is 0 Å². The number of aliphatic hydroxyl groups is 1. The molecule has 0 spiro atoms. The summed E-state index contributed by atoms with van der Waals surface area (Å²) < 4.78 is 0.963. The molecule has 2 aromatic rings. The first-order valence-corrected chi connectivity index (χ1v) is 8.10. The predicted octanol–water partition coefficient (Wildman–Crippen LogP) is 3.75. The molecule has 4 nitrogen and oxygen atoms in total. The van der Waals surface area contributed by atoms with E-state index in [9.17, 15) is 9.90 Å². The van der Waals surface area contributed by atoms with Gasteiger partial charge in [0.05, 0.1) is 11.7 Å². The Balaban J connectivity index is 2.07. The molecular weight excluding hydrogens is 358 g/mol. The molecule has 0 bridgehead atoms. The Labute approximate surface area is 144 Å². The van der Waals surface area contributed by atoms with E-state index in [4.69, 9.17) is 5.11 Å². The minimum atomic E-state index is -0.944. The number of carboxylic acids is 1. The summed E-state index contributed by atoms with van der Waals surface area (Å²) in [7, 11) is 0. The number of carboxylic acid groups (broad SMARTS) is 1. The van der Waals surface area contributed by atoms with Crippen LogP contribution in [0.1, 0.15) is 41.4 Å². The van der Waals surface area contributed by atoms with Crippen molar-refractivity contribution in [3.05, 3.63) is 69.7 Å². The summed E-state index contributed by atoms with van der Waals surface area (Å²) in [6.45, 7) is 4.31. The van der Waals surface area contributed by atoms with Crippen LogP contribution in [0.4, 0.5) is 0 Å². The van der Waals surface area contributed by atoms with E-state index in [1.54, 1.807) is 18.2 Å². The summed E-state index contributed by atoms with van der Waals surface area (Å²) in [4.78, 5) is 11.0. The van der Waals surface area contributed by atoms with Crippen molar-refractivity contribution in [2.24, 2.45) is 0 Å². The lowest BCUT2D eigenvalue weighted by atomic mass is 9.91. The first-order valence-electron chi connectivity index (χ1n) is 7.30. The van der Waals surface area contributed by atoms with Crippen molar-refractivity contribution in [3.8, 4) is 0 Å². The highest BCUT2D eigenvalue weighted by atomic mass is 79.9. The quantitative estimate of drug-likeness (QED) is 0.716. The number of carbonyl (C=O) groups is 1. The number of aromatic carboxylic acids is 1. The Morgan fingerprint density at radius 3 is 2.48 bits per heavy atom. The minimum absolute atomic E-state index is 0.260. The Hall–Kier alpha value is -1.69. The predicted molar refractivity (Wildman–Crippen MR) is 93.4 cm³/mol. The summed E-state index contributed by atoms with van der Waals surface area (Å²) >= 11 is 3.38. The largest absolute Gasteiger partial charge is 0.478 e. The number of rotatable bonds is 6. The van der Waals surface area contributed by atoms with Gasteiger partial charge in [-0.2, -0.15) is 0 Å². The molecule has 122 valence electrons. The molecule has 3 N–H and O–H groups in total. The van der Waals surface area contributed by atoms with Gasteiger partial charge in [0.1, 0.15) is 0 Å². The average Bonchev–Trinajstić information content (AvgIpc) is 2.53. The van der Waals surface area contributed by atoms with Crippen molar-refractivity contribution in [3.63, 3.8) is 0 Å². The molecule has 2 rings (SSSR count). The smallest absolute Gasteiger partial charge is 0.335 e. The van der Waals surface area contributed by atoms with Crippen molar-refractivity contribution < 1.29 is 15.0 Å². The van der Waals surface area contributed by atoms with Crippen LogP contribution >= 0.6 is 15.9 Å². The molecule has 0 saturated carbocycles. The zero-order valence-electron chi connectivity index (χ0n) is 13.1. The van der Waals surface area contributed by atoms with E-state index in [2.05, 4.69) is 21.2 Å². The fourth-order valence-electron chi connectivity index (χ4n) is 2.30. The van der Waals surface area contributed by atoms with Gasteiger partial charge < -0.3 is 15.5 Å². The lowest BCUT2D eigenvalue weighted by molar-refractivity contribution is 0.0696. The van der Waals surface area contributed by atoms with Gasteiger partial charge in [-0.05, 0) is 49.2 Å². The highest BCUT2D eigenvalue weighted by Crippen LogP contribution is 2.27. The highest BCUT2D eigenvalue weighted by Gasteiger charge is 2.28. The molecule has 5 heteroatoms. The van der Waals surface area contributed by atoms with Gasteiger partial charge in [0.15, 0.2) is 0 Å². The van der Waals surface area contributed by atoms with Crippen molar-refractivity contribution in [1.82, 2.24) is 5.32 Å². The van der Waals surface area contributed by atoms with Gasteiger partial charge in [-0.1, -0.05) is 40.2 Å². The van der Waals surface area contributed by atoms with E-state index < -0.39 is 17.6 Å². The topological polar surface area (TPSA) is 69.6 Å². The molecule has 0 saturated heterocycles. The minimum Gasteiger partial charge on any atom is -0.478 e. The van der Waals surface area contributed by atoms with E-state index in [0.29, 0.717) is 6.54 Å². The second-order valence-corrected chi connectivity index (χ2v) is 6.95. The second-order valence-electron chi connectivity index (χ2n) is 6.03. The van der Waals surface area contributed by atoms with E-state index in [0.717, 1.165) is 15.6 Å². The summed E-state index contributed by atoms with van der Waals surface area (Å²) in [5.74, 6) is -0.944. The van der Waals surface area contributed by atoms with Gasteiger partial charge in [0.2, 0.25) is 0 Å². The number of aliphatic hydroxyl groups excluding tert-OH is 1. The summed E-state index contributed by atoms with van der Waals surface area (Å²) in [5, 5.41) is 22.9. The third kappa shape index (κ3) is 4.64. The van der Waals surface area contributed by atoms with E-state index in [-0.39, 0.29) is 5.56 Å². The van der Waals surface area contributed by atoms with Crippen LogP contribution in [-0.2, 0) is 6.54 Å². The summed E-state index contributed by atoms with van der Waals surface area (Å²) in [6.07, 6.45) is -0.682. The third-order valence-electron chi connectivity index (χ3n) is 3.79. The maximum atomic E-state index is 11.0. The lowest BCUT2D eigenvalue weighted by Crippen LogP contribution is -2.44. The molecule has 0 heterocycles. The molecule has 0 amide bonds. The van der Waals surface area contributed by atoms with Crippen molar-refractivity contribution in [2.75, 3.05) is 0 Å². The first kappa shape index (κ1) is 17.7. The molecule has 2 aromatic carbocycles. The van der Waals surface area contributed by atoms with E-state index in [1.807, 2.05) is 44.2 Å². The van der Waals surface area contributed by atoms with Crippen LogP contribution < -0.4 is 5.32 Å². The van der Waals surface area contributed by atoms with Crippen LogP contribution in [0.15, 0.2) is 53.0 Å². The number of halogens is 1. The fourth-order valence-corrected chi connectivity index (χ4v) is 2.57. The van der Waals surface area contributed by atoms with E-state index >= 15 is 0 Å². The van der Waals surface area contributed by atoms with Crippen LogP contribution in [0, 0.1) is 0 Å². The van der Waals surface area contributed by atoms with Gasteiger partial charge in [0, 0.05) is 16.6 Å². The highest BCUT2D eigenvalue weighted by molar-refractivity contribution is 9.10. The van der Waals surface area contributed by atoms with Crippen LogP contribution in [0.2, 0.25) is 0 Å². The molecule has 1 atom stereocenters. The molecule has 0 fully saturated rings. The molecule has 0 aromatic heterocycles. The van der Waals surface area contributed by atoms with Crippen molar-refractivity contribution in [1.29, 1.82) is 0 Å². The average molecular weight is 378 g/mol. The Morgan fingerprint density at radius 1 is 1.22 bits per heavy atom. The molecule has 1 unspecified atom stereocenters. The zero-order chi connectivity index (χ0) is 17.0. The van der Waals surface area contributed by atoms with Gasteiger partial charge in [-0.3, -0.25) is 0 Å². The molecule has 0 aliphatic heterocycles. The molecular formula is C18H20BrNO3. The summed E-state index contributed by atoms with van der Waals surface area (Å²) in [5.41, 5.74) is 1.38. The van der Waals surface area contributed by atoms with Crippen molar-refractivity contribution >= 4 is 21.9 Å². The maximum Gasteiger partial charge on any atom is 0.335 e.